The summed E-state index contributed by atoms with van der Waals surface area (Å²) in [7, 11) is -10.7. The van der Waals surface area contributed by atoms with Crippen molar-refractivity contribution in [3.8, 4) is 40.1 Å². The van der Waals surface area contributed by atoms with Crippen molar-refractivity contribution in [2.75, 3.05) is 6.61 Å². The summed E-state index contributed by atoms with van der Waals surface area (Å²) >= 11 is 0. The Labute approximate surface area is 285 Å². The molecular formula is C27H30O22S2. The molecule has 2 aliphatic rings. The highest BCUT2D eigenvalue weighted by Gasteiger charge is 2.48. The molecule has 1 aromatic heterocycles. The molecule has 0 aliphatic carbocycles. The highest BCUT2D eigenvalue weighted by Crippen LogP contribution is 2.41. The first kappa shape index (κ1) is 38.3. The van der Waals surface area contributed by atoms with Crippen LogP contribution in [0.2, 0.25) is 0 Å². The van der Waals surface area contributed by atoms with E-state index in [4.69, 9.17) is 27.9 Å². The molecule has 2 aromatic carbocycles. The Morgan fingerprint density at radius 3 is 2.00 bits per heavy atom. The standard InChI is InChI=1S/C27H30O22S2/c1-8-17(30)20(33)22(35)26(44-8)43-7-15-18(31)21(34)23(36)27(46-15)47-25-19(32)16-11(29)5-10(28)6-14(16)45-24(25)9-2-3-12(48-50(37,38)39)13(4-9)49-51(40,41)42/h2-6,8,15,17-18,20-23,26-31,33-36H,7H2,1H3,(H,37,38,39)(H,40,41,42)/t8-,15+,17-,18+,20+,21-,22+,23+,26+,27-/m0/s1. The van der Waals surface area contributed by atoms with Gasteiger partial charge in [0.2, 0.25) is 17.5 Å². The Kier molecular flexibility index (Phi) is 10.7. The average molecular weight is 771 g/mol. The average Bonchev–Trinajstić information content (AvgIpc) is 3.02. The number of phenolic OH excluding ortho intramolecular Hbond substituents is 2. The van der Waals surface area contributed by atoms with Crippen molar-refractivity contribution in [1.82, 2.24) is 0 Å². The van der Waals surface area contributed by atoms with Gasteiger partial charge in [-0.1, -0.05) is 0 Å². The number of aliphatic hydroxyl groups excluding tert-OH is 6. The summed E-state index contributed by atoms with van der Waals surface area (Å²) in [4.78, 5) is 13.8. The lowest BCUT2D eigenvalue weighted by Crippen LogP contribution is -2.61. The van der Waals surface area contributed by atoms with Crippen LogP contribution in [0, 0.1) is 0 Å². The summed E-state index contributed by atoms with van der Waals surface area (Å²) < 4.78 is 100. The number of benzene rings is 2. The van der Waals surface area contributed by atoms with E-state index in [0.717, 1.165) is 18.2 Å². The van der Waals surface area contributed by atoms with Crippen LogP contribution < -0.4 is 18.5 Å². The van der Waals surface area contributed by atoms with Gasteiger partial charge in [-0.3, -0.25) is 13.9 Å². The number of hydrogen-bond donors (Lipinski definition) is 10. The highest BCUT2D eigenvalue weighted by molar-refractivity contribution is 7.81. The SMILES string of the molecule is C[C@@H]1O[C@@H](OC[C@H]2O[C@@H](Oc3c(-c4ccc(OS(=O)(=O)O)c(OS(=O)(=O)O)c4)oc4cc(O)cc(O)c4c3=O)[C@H](O)[C@@H](O)[C@@H]2O)[C@H](O)[C@H](O)[C@H]1O. The van der Waals surface area contributed by atoms with Crippen LogP contribution in [0.15, 0.2) is 39.5 Å². The number of phenols is 2. The van der Waals surface area contributed by atoms with E-state index in [2.05, 4.69) is 8.37 Å². The van der Waals surface area contributed by atoms with E-state index in [0.29, 0.717) is 12.1 Å². The predicted molar refractivity (Wildman–Crippen MR) is 161 cm³/mol. The van der Waals surface area contributed by atoms with E-state index in [1.165, 1.54) is 6.92 Å². The van der Waals surface area contributed by atoms with Crippen molar-refractivity contribution in [1.29, 1.82) is 0 Å². The third-order valence-corrected chi connectivity index (χ3v) is 8.43. The van der Waals surface area contributed by atoms with Crippen LogP contribution in [0.1, 0.15) is 6.92 Å². The van der Waals surface area contributed by atoms with Gasteiger partial charge in [0.25, 0.3) is 0 Å². The molecule has 0 saturated carbocycles. The van der Waals surface area contributed by atoms with Crippen molar-refractivity contribution >= 4 is 31.8 Å². The topological polar surface area (TPSA) is 356 Å². The summed E-state index contributed by atoms with van der Waals surface area (Å²) in [6, 6.07) is 3.80. The minimum atomic E-state index is -5.41. The van der Waals surface area contributed by atoms with Gasteiger partial charge in [-0.2, -0.15) is 16.8 Å². The zero-order valence-corrected chi connectivity index (χ0v) is 27.2. The van der Waals surface area contributed by atoms with Gasteiger partial charge in [0.15, 0.2) is 23.5 Å². The lowest BCUT2D eigenvalue weighted by molar-refractivity contribution is -0.318. The van der Waals surface area contributed by atoms with Crippen LogP contribution in [-0.4, -0.2) is 135 Å². The van der Waals surface area contributed by atoms with Crippen LogP contribution in [0.5, 0.6) is 28.7 Å². The molecule has 0 radical (unpaired) electrons. The second-order valence-electron chi connectivity index (χ2n) is 11.3. The van der Waals surface area contributed by atoms with E-state index in [1.807, 2.05) is 0 Å². The highest BCUT2D eigenvalue weighted by atomic mass is 32.3. The molecule has 5 rings (SSSR count). The molecule has 3 heterocycles. The Morgan fingerprint density at radius 2 is 1.35 bits per heavy atom. The fourth-order valence-electron chi connectivity index (χ4n) is 5.18. The first-order valence-electron chi connectivity index (χ1n) is 14.3. The van der Waals surface area contributed by atoms with Crippen LogP contribution in [0.4, 0.5) is 0 Å². The molecule has 2 fully saturated rings. The third kappa shape index (κ3) is 8.28. The zero-order chi connectivity index (χ0) is 37.7. The molecule has 0 spiro atoms. The van der Waals surface area contributed by atoms with E-state index in [-0.39, 0.29) is 0 Å². The molecule has 282 valence electrons. The van der Waals surface area contributed by atoms with E-state index >= 15 is 0 Å². The van der Waals surface area contributed by atoms with Crippen molar-refractivity contribution < 1.29 is 98.5 Å². The normalized spacial score (nSPS) is 30.2. The van der Waals surface area contributed by atoms with E-state index < -0.39 is 145 Å². The van der Waals surface area contributed by atoms with Gasteiger partial charge in [0, 0.05) is 17.7 Å². The van der Waals surface area contributed by atoms with Crippen molar-refractivity contribution in [3.63, 3.8) is 0 Å². The number of aromatic hydroxyl groups is 2. The molecule has 0 amide bonds. The smallest absolute Gasteiger partial charge is 0.446 e. The van der Waals surface area contributed by atoms with Gasteiger partial charge in [0.1, 0.15) is 65.2 Å². The van der Waals surface area contributed by atoms with Crippen LogP contribution in [0.3, 0.4) is 0 Å². The predicted octanol–water partition coefficient (Wildman–Crippen LogP) is -2.74. The van der Waals surface area contributed by atoms with E-state index in [9.17, 15) is 67.0 Å². The lowest BCUT2D eigenvalue weighted by Gasteiger charge is -2.42. The number of hydrogen-bond acceptors (Lipinski definition) is 20. The molecule has 0 unspecified atom stereocenters. The summed E-state index contributed by atoms with van der Waals surface area (Å²) in [6.07, 6.45) is -17.4. The van der Waals surface area contributed by atoms with Gasteiger partial charge in [-0.15, -0.1) is 0 Å². The maximum Gasteiger partial charge on any atom is 0.446 e. The zero-order valence-electron chi connectivity index (χ0n) is 25.6. The molecule has 51 heavy (non-hydrogen) atoms. The quantitative estimate of drug-likeness (QED) is 0.0935. The molecule has 10 atom stereocenters. The fourth-order valence-corrected chi connectivity index (χ4v) is 5.91. The Bertz CT molecular complexity index is 2050. The lowest BCUT2D eigenvalue weighted by atomic mass is 9.98. The summed E-state index contributed by atoms with van der Waals surface area (Å²) in [6.45, 7) is 0.637. The number of fused-ring (bicyclic) bond motifs is 1. The minimum Gasteiger partial charge on any atom is -0.508 e. The summed E-state index contributed by atoms with van der Waals surface area (Å²) in [5.74, 6) is -5.26. The first-order valence-corrected chi connectivity index (χ1v) is 17.1. The number of aliphatic hydroxyl groups is 6. The molecule has 3 aromatic rings. The summed E-state index contributed by atoms with van der Waals surface area (Å²) in [5, 5.41) is 82.0. The molecule has 2 aliphatic heterocycles. The number of ether oxygens (including phenoxy) is 4. The number of rotatable bonds is 10. The molecular weight excluding hydrogens is 740 g/mol. The maximum absolute atomic E-state index is 13.8. The molecule has 10 N–H and O–H groups in total. The van der Waals surface area contributed by atoms with Crippen molar-refractivity contribution in [2.24, 2.45) is 0 Å². The Balaban J connectivity index is 1.56. The molecule has 0 bridgehead atoms. The largest absolute Gasteiger partial charge is 0.508 e. The molecule has 22 nitrogen and oxygen atoms in total. The van der Waals surface area contributed by atoms with Crippen LogP contribution in [-0.2, 0) is 35.0 Å². The molecule has 24 heteroatoms. The maximum atomic E-state index is 13.8. The summed E-state index contributed by atoms with van der Waals surface area (Å²) in [5.41, 5.74) is -2.21. The van der Waals surface area contributed by atoms with Gasteiger partial charge < -0.3 is 72.6 Å². The van der Waals surface area contributed by atoms with Gasteiger partial charge in [0.05, 0.1) is 12.7 Å². The first-order chi connectivity index (χ1) is 23.6. The second kappa shape index (κ2) is 14.3. The van der Waals surface area contributed by atoms with Crippen molar-refractivity contribution in [2.45, 2.75) is 68.3 Å². The minimum absolute atomic E-state index is 0.447. The van der Waals surface area contributed by atoms with Gasteiger partial charge >= 0.3 is 20.8 Å². The Hall–Kier alpha value is -3.89. The second-order valence-corrected chi connectivity index (χ2v) is 13.3. The monoisotopic (exact) mass is 770 g/mol. The van der Waals surface area contributed by atoms with Crippen LogP contribution in [0.25, 0.3) is 22.3 Å². The fraction of sp³-hybridized carbons (Fsp3) is 0.444. The van der Waals surface area contributed by atoms with Gasteiger partial charge in [-0.25, -0.2) is 0 Å². The molecule has 2 saturated heterocycles. The Morgan fingerprint density at radius 1 is 0.745 bits per heavy atom. The van der Waals surface area contributed by atoms with E-state index in [1.54, 1.807) is 0 Å². The third-order valence-electron chi connectivity index (χ3n) is 7.65. The van der Waals surface area contributed by atoms with Crippen LogP contribution >= 0.6 is 0 Å². The van der Waals surface area contributed by atoms with Crippen molar-refractivity contribution in [3.05, 3.63) is 40.6 Å². The van der Waals surface area contributed by atoms with Gasteiger partial charge in [-0.05, 0) is 25.1 Å².